The summed E-state index contributed by atoms with van der Waals surface area (Å²) in [6.45, 7) is 7.13. The molecule has 6 aromatic rings. The fourth-order valence-electron chi connectivity index (χ4n) is 7.57. The van der Waals surface area contributed by atoms with E-state index in [0.29, 0.717) is 17.7 Å². The minimum absolute atomic E-state index is 0.0463. The van der Waals surface area contributed by atoms with Crippen LogP contribution in [-0.4, -0.2) is 61.5 Å². The number of nitrogens with one attached hydrogen (secondary N) is 3. The first-order valence-corrected chi connectivity index (χ1v) is 22.3. The summed E-state index contributed by atoms with van der Waals surface area (Å²) in [5.74, 6) is 3.35. The summed E-state index contributed by atoms with van der Waals surface area (Å²) in [5, 5.41) is 6.01. The molecule has 2 aliphatic carbocycles. The zero-order valence-corrected chi connectivity index (χ0v) is 40.0. The molecule has 14 nitrogen and oxygen atoms in total. The highest BCUT2D eigenvalue weighted by Gasteiger charge is 2.33. The number of ether oxygens (including phenoxy) is 2. The molecule has 15 heteroatoms. The summed E-state index contributed by atoms with van der Waals surface area (Å²) in [4.78, 5) is 56.1. The molecule has 0 bridgehead atoms. The summed E-state index contributed by atoms with van der Waals surface area (Å²) in [5.41, 5.74) is 9.35. The van der Waals surface area contributed by atoms with Crippen LogP contribution in [0.2, 0.25) is 5.15 Å². The van der Waals surface area contributed by atoms with E-state index in [-0.39, 0.29) is 46.1 Å². The number of nitrogens with zero attached hydrogens (tertiary/aromatic N) is 4. The fourth-order valence-corrected chi connectivity index (χ4v) is 7.74. The van der Waals surface area contributed by atoms with Gasteiger partial charge in [0.15, 0.2) is 0 Å². The smallest absolute Gasteiger partial charge is 0.330 e. The maximum Gasteiger partial charge on any atom is 0.330 e. The van der Waals surface area contributed by atoms with Crippen molar-refractivity contribution in [2.75, 3.05) is 57.5 Å². The molecule has 0 radical (unpaired) electrons. The van der Waals surface area contributed by atoms with Gasteiger partial charge in [0.1, 0.15) is 22.5 Å². The zero-order chi connectivity index (χ0) is 47.5. The van der Waals surface area contributed by atoms with Crippen molar-refractivity contribution in [2.24, 2.45) is 17.6 Å². The first-order valence-electron chi connectivity index (χ1n) is 22.0. The summed E-state index contributed by atoms with van der Waals surface area (Å²) in [7, 11) is 11.7. The Morgan fingerprint density at radius 2 is 1.11 bits per heavy atom. The highest BCUT2D eigenvalue weighted by atomic mass is 35.5. The quantitative estimate of drug-likeness (QED) is 0.0873. The molecule has 5 N–H and O–H groups in total. The molecule has 0 aliphatic heterocycles. The highest BCUT2D eigenvalue weighted by Crippen LogP contribution is 2.43. The van der Waals surface area contributed by atoms with Crippen LogP contribution >= 0.6 is 11.6 Å². The Morgan fingerprint density at radius 3 is 1.55 bits per heavy atom. The molecule has 4 aromatic carbocycles. The lowest BCUT2D eigenvalue weighted by molar-refractivity contribution is 0.413. The van der Waals surface area contributed by atoms with Crippen LogP contribution in [0.1, 0.15) is 88.7 Å². The molecule has 0 amide bonds. The Bertz CT molecular complexity index is 2650. The van der Waals surface area contributed by atoms with Crippen molar-refractivity contribution < 1.29 is 9.47 Å². The van der Waals surface area contributed by atoms with Gasteiger partial charge in [-0.2, -0.15) is 0 Å². The number of halogens is 1. The third kappa shape index (κ3) is 13.4. The van der Waals surface area contributed by atoms with Crippen LogP contribution in [-0.2, 0) is 0 Å². The maximum absolute atomic E-state index is 12.2. The monoisotopic (exact) mass is 908 g/mol. The van der Waals surface area contributed by atoms with Crippen molar-refractivity contribution >= 4 is 39.6 Å². The third-order valence-electron chi connectivity index (χ3n) is 11.2. The average Bonchev–Trinajstić information content (AvgIpc) is 4.20. The van der Waals surface area contributed by atoms with Gasteiger partial charge in [0.2, 0.25) is 0 Å². The molecular formula is C50H65ClN8O6. The number of methoxy groups -OCH3 is 2. The van der Waals surface area contributed by atoms with Crippen LogP contribution in [0.5, 0.6) is 11.5 Å². The van der Waals surface area contributed by atoms with Crippen LogP contribution in [0.25, 0.3) is 10.8 Å². The van der Waals surface area contributed by atoms with Gasteiger partial charge in [-0.15, -0.1) is 0 Å². The minimum atomic E-state index is -0.470. The molecule has 0 spiro atoms. The summed E-state index contributed by atoms with van der Waals surface area (Å²) in [6, 6.07) is 31.4. The molecule has 2 aromatic heterocycles. The molecule has 2 atom stereocenters. The van der Waals surface area contributed by atoms with E-state index >= 15 is 0 Å². The number of aromatic amines is 2. The largest absolute Gasteiger partial charge is 0.497 e. The Kier molecular flexibility index (Phi) is 17.3. The van der Waals surface area contributed by atoms with Gasteiger partial charge >= 0.3 is 11.4 Å². The lowest BCUT2D eigenvalue weighted by Crippen LogP contribution is -2.36. The van der Waals surface area contributed by atoms with E-state index in [1.165, 1.54) is 57.3 Å². The average molecular weight is 910 g/mol. The molecule has 0 saturated heterocycles. The van der Waals surface area contributed by atoms with E-state index < -0.39 is 5.69 Å². The molecule has 0 unspecified atom stereocenters. The Labute approximate surface area is 386 Å². The topological polar surface area (TPSA) is 173 Å². The van der Waals surface area contributed by atoms with E-state index in [9.17, 15) is 19.2 Å². The number of H-pyrrole nitrogens is 2. The molecule has 65 heavy (non-hydrogen) atoms. The first-order chi connectivity index (χ1) is 30.9. The number of benzene rings is 4. The third-order valence-corrected chi connectivity index (χ3v) is 11.4. The van der Waals surface area contributed by atoms with Crippen molar-refractivity contribution in [2.45, 2.75) is 77.5 Å². The predicted molar refractivity (Wildman–Crippen MR) is 266 cm³/mol. The molecule has 2 fully saturated rings. The normalized spacial score (nSPS) is 13.9. The maximum atomic E-state index is 12.2. The number of hydrogen-bond donors (Lipinski definition) is 4. The zero-order valence-electron chi connectivity index (χ0n) is 39.2. The Morgan fingerprint density at radius 1 is 0.646 bits per heavy atom. The molecule has 8 rings (SSSR count). The van der Waals surface area contributed by atoms with E-state index in [4.69, 9.17) is 26.8 Å². The van der Waals surface area contributed by atoms with Crippen molar-refractivity contribution in [1.29, 1.82) is 0 Å². The number of aromatic nitrogens is 4. The van der Waals surface area contributed by atoms with Gasteiger partial charge in [-0.1, -0.05) is 60.1 Å². The van der Waals surface area contributed by atoms with Gasteiger partial charge in [0.05, 0.1) is 20.3 Å². The SMILES string of the molecule is CC(C)n1c(=O)cc(Cl)[nH]c1=O.CN(C)c1cccc2cccc(N(C)C)c12.COc1cccc([C@@H](N)C2CC2)c1.COc1cccc([C@@H](Nc2cc(=O)n(C(C)C)c(=O)[nH]2)C2CC2)c1. The molecule has 348 valence electrons. The summed E-state index contributed by atoms with van der Waals surface area (Å²) < 4.78 is 12.8. The second-order valence-corrected chi connectivity index (χ2v) is 17.7. The summed E-state index contributed by atoms with van der Waals surface area (Å²) >= 11 is 5.46. The molecule has 2 saturated carbocycles. The van der Waals surface area contributed by atoms with E-state index in [1.807, 2.05) is 56.3 Å². The number of nitrogens with two attached hydrogens (primary N) is 1. The lowest BCUT2D eigenvalue weighted by Gasteiger charge is -2.21. The fraction of sp³-hybridized carbons (Fsp3) is 0.400. The number of hydrogen-bond acceptors (Lipinski definition) is 10. The second kappa shape index (κ2) is 22.6. The first kappa shape index (κ1) is 49.8. The van der Waals surface area contributed by atoms with Gasteiger partial charge in [-0.3, -0.25) is 28.7 Å². The van der Waals surface area contributed by atoms with Gasteiger partial charge < -0.3 is 30.3 Å². The molecular weight excluding hydrogens is 844 g/mol. The van der Waals surface area contributed by atoms with Crippen molar-refractivity contribution in [3.05, 3.63) is 155 Å². The van der Waals surface area contributed by atoms with E-state index in [2.05, 4.69) is 95.7 Å². The minimum Gasteiger partial charge on any atom is -0.497 e. The van der Waals surface area contributed by atoms with Gasteiger partial charge in [0.25, 0.3) is 11.1 Å². The van der Waals surface area contributed by atoms with E-state index in [0.717, 1.165) is 34.5 Å². The Hall–Kier alpha value is -6.25. The lowest BCUT2D eigenvalue weighted by atomic mass is 10.0. The number of fused-ring (bicyclic) bond motifs is 1. The molecule has 2 aliphatic rings. The van der Waals surface area contributed by atoms with Crippen molar-refractivity contribution in [3.8, 4) is 11.5 Å². The van der Waals surface area contributed by atoms with Gasteiger partial charge in [0, 0.05) is 75.2 Å². The number of rotatable bonds is 12. The van der Waals surface area contributed by atoms with Crippen LogP contribution in [0, 0.1) is 11.8 Å². The van der Waals surface area contributed by atoms with Crippen LogP contribution in [0.3, 0.4) is 0 Å². The second-order valence-electron chi connectivity index (χ2n) is 17.3. The van der Waals surface area contributed by atoms with Crippen molar-refractivity contribution in [3.63, 3.8) is 0 Å². The standard InChI is InChI=1S/C18H23N3O3.C14H18N2.C11H15NO.C7H9ClN2O2/c1-11(2)21-16(22)10-15(20-18(21)23)19-17(12-7-8-12)13-5-4-6-14(9-13)24-3;1-15(2)12-9-5-7-11-8-6-10-13(14(11)12)16(3)4;1-13-10-4-2-3-9(7-10)11(12)8-5-6-8;1-4(2)10-6(11)3-5(8)9-7(10)12/h4-6,9-12,17,19H,7-8H2,1-3H3,(H,20,23);5-10H,1-4H3;2-4,7-8,11H,5-6,12H2,1H3;3-4H,1-2H3,(H,9,12)/t17-;;11-;/m0.0./s1. The predicted octanol–water partition coefficient (Wildman–Crippen LogP) is 8.54. The van der Waals surface area contributed by atoms with E-state index in [1.54, 1.807) is 28.1 Å². The van der Waals surface area contributed by atoms with Crippen molar-refractivity contribution in [1.82, 2.24) is 19.1 Å². The highest BCUT2D eigenvalue weighted by molar-refractivity contribution is 6.29. The summed E-state index contributed by atoms with van der Waals surface area (Å²) in [6.07, 6.45) is 4.81. The van der Waals surface area contributed by atoms with Crippen LogP contribution < -0.4 is 52.8 Å². The Balaban J connectivity index is 0.000000170. The van der Waals surface area contributed by atoms with Crippen LogP contribution in [0.15, 0.2) is 116 Å². The number of anilines is 3. The molecule has 2 heterocycles. The van der Waals surface area contributed by atoms with Crippen LogP contribution in [0.4, 0.5) is 17.2 Å². The van der Waals surface area contributed by atoms with Gasteiger partial charge in [-0.05, 0) is 118 Å². The van der Waals surface area contributed by atoms with Gasteiger partial charge in [-0.25, -0.2) is 9.59 Å².